The van der Waals surface area contributed by atoms with Gasteiger partial charge in [-0.05, 0) is 68.5 Å². The van der Waals surface area contributed by atoms with Crippen molar-refractivity contribution in [1.29, 1.82) is 0 Å². The van der Waals surface area contributed by atoms with Gasteiger partial charge in [-0.1, -0.05) is 65.7 Å². The Morgan fingerprint density at radius 1 is 1.05 bits per heavy atom. The van der Waals surface area contributed by atoms with Gasteiger partial charge in [-0.2, -0.15) is 4.98 Å². The number of H-pyrrole nitrogens is 1. The van der Waals surface area contributed by atoms with Crippen LogP contribution in [0.2, 0.25) is 10.0 Å². The van der Waals surface area contributed by atoms with Gasteiger partial charge in [0.2, 0.25) is 0 Å². The number of benzene rings is 3. The van der Waals surface area contributed by atoms with Crippen molar-refractivity contribution < 1.29 is 14.3 Å². The van der Waals surface area contributed by atoms with Crippen molar-refractivity contribution in [1.82, 2.24) is 14.9 Å². The van der Waals surface area contributed by atoms with Gasteiger partial charge in [-0.25, -0.2) is 9.64 Å². The Bertz CT molecular complexity index is 1540. The first-order valence-electron chi connectivity index (χ1n) is 13.1. The topological polar surface area (TPSA) is 71.8 Å². The van der Waals surface area contributed by atoms with E-state index in [9.17, 15) is 4.79 Å². The Morgan fingerprint density at radius 2 is 1.75 bits per heavy atom. The summed E-state index contributed by atoms with van der Waals surface area (Å²) in [7, 11) is 0. The molecule has 1 N–H and O–H groups in total. The van der Waals surface area contributed by atoms with E-state index in [2.05, 4.69) is 39.1 Å². The zero-order valence-electron chi connectivity index (χ0n) is 22.6. The summed E-state index contributed by atoms with van der Waals surface area (Å²) in [6.07, 6.45) is 1.08. The van der Waals surface area contributed by atoms with Crippen molar-refractivity contribution >= 4 is 46.0 Å². The van der Waals surface area contributed by atoms with Crippen LogP contribution in [-0.4, -0.2) is 46.3 Å². The number of rotatable bonds is 5. The summed E-state index contributed by atoms with van der Waals surface area (Å²) in [5.41, 5.74) is 4.24. The van der Waals surface area contributed by atoms with Crippen molar-refractivity contribution in [3.63, 3.8) is 0 Å². The number of hydrogen-bond acceptors (Lipinski definition) is 4. The van der Waals surface area contributed by atoms with E-state index in [0.717, 1.165) is 22.2 Å². The molecule has 1 amide bonds. The van der Waals surface area contributed by atoms with Gasteiger partial charge in [-0.3, -0.25) is 0 Å². The van der Waals surface area contributed by atoms with E-state index in [1.54, 1.807) is 23.1 Å². The third-order valence-electron chi connectivity index (χ3n) is 7.17. The monoisotopic (exact) mass is 576 g/mol. The number of halogens is 2. The second-order valence-corrected chi connectivity index (χ2v) is 11.9. The average molecular weight is 578 g/mol. The van der Waals surface area contributed by atoms with E-state index in [1.165, 1.54) is 0 Å². The van der Waals surface area contributed by atoms with Crippen LogP contribution in [0, 0.1) is 6.57 Å². The molecule has 206 valence electrons. The normalized spacial score (nSPS) is 15.1. The lowest BCUT2D eigenvalue weighted by Gasteiger charge is -2.42. The van der Waals surface area contributed by atoms with Crippen LogP contribution in [0.4, 0.5) is 10.5 Å². The van der Waals surface area contributed by atoms with Gasteiger partial charge >= 0.3 is 6.09 Å². The number of hydrogen-bond donors (Lipinski definition) is 1. The quantitative estimate of drug-likeness (QED) is 0.242. The summed E-state index contributed by atoms with van der Waals surface area (Å²) in [6, 6.07) is 19.8. The molecule has 0 bridgehead atoms. The highest BCUT2D eigenvalue weighted by Gasteiger charge is 2.39. The molecule has 1 aliphatic heterocycles. The van der Waals surface area contributed by atoms with Gasteiger partial charge in [0.1, 0.15) is 12.2 Å². The van der Waals surface area contributed by atoms with E-state index in [-0.39, 0.29) is 11.5 Å². The van der Waals surface area contributed by atoms with Crippen LogP contribution in [-0.2, 0) is 10.2 Å². The molecule has 7 nitrogen and oxygen atoms in total. The fourth-order valence-corrected chi connectivity index (χ4v) is 5.31. The summed E-state index contributed by atoms with van der Waals surface area (Å²) >= 11 is 12.3. The zero-order chi connectivity index (χ0) is 28.5. The zero-order valence-corrected chi connectivity index (χ0v) is 24.1. The van der Waals surface area contributed by atoms with Crippen molar-refractivity contribution in [3.05, 3.63) is 87.7 Å². The number of piperidine rings is 1. The molecule has 0 atom stereocenters. The van der Waals surface area contributed by atoms with Crippen LogP contribution in [0.15, 0.2) is 60.7 Å². The molecule has 40 heavy (non-hydrogen) atoms. The maximum Gasteiger partial charge on any atom is 0.410 e. The highest BCUT2D eigenvalue weighted by Crippen LogP contribution is 2.38. The summed E-state index contributed by atoms with van der Waals surface area (Å²) in [6.45, 7) is 14.4. The smallest absolute Gasteiger partial charge is 0.410 e. The lowest BCUT2D eigenvalue weighted by atomic mass is 9.73. The molecule has 0 spiro atoms. The van der Waals surface area contributed by atoms with E-state index >= 15 is 0 Å². The van der Waals surface area contributed by atoms with E-state index in [4.69, 9.17) is 39.2 Å². The third kappa shape index (κ3) is 6.04. The predicted octanol–water partition coefficient (Wildman–Crippen LogP) is 8.44. The van der Waals surface area contributed by atoms with Crippen LogP contribution in [0.5, 0.6) is 6.01 Å². The number of carbonyl (C=O) groups excluding carboxylic acids is 1. The number of nitrogens with one attached hydrogen (secondary N) is 1. The minimum atomic E-state index is -0.553. The van der Waals surface area contributed by atoms with E-state index < -0.39 is 5.60 Å². The van der Waals surface area contributed by atoms with Crippen molar-refractivity contribution in [2.45, 2.75) is 44.6 Å². The molecule has 1 fully saturated rings. The number of amides is 1. The molecule has 4 aromatic rings. The molecule has 2 heterocycles. The number of fused-ring (bicyclic) bond motifs is 1. The number of ether oxygens (including phenoxy) is 2. The van der Waals surface area contributed by atoms with Crippen molar-refractivity contribution in [2.24, 2.45) is 0 Å². The molecular weight excluding hydrogens is 547 g/mol. The minimum Gasteiger partial charge on any atom is -0.464 e. The Morgan fingerprint density at radius 3 is 2.42 bits per heavy atom. The van der Waals surface area contributed by atoms with Crippen LogP contribution in [0.25, 0.3) is 27.0 Å². The second kappa shape index (κ2) is 11.0. The Hall–Kier alpha value is -3.73. The molecule has 0 saturated carbocycles. The summed E-state index contributed by atoms with van der Waals surface area (Å²) in [5, 5.41) is 0.873. The molecule has 0 radical (unpaired) electrons. The maximum atomic E-state index is 12.8. The summed E-state index contributed by atoms with van der Waals surface area (Å²) in [4.78, 5) is 25.8. The summed E-state index contributed by atoms with van der Waals surface area (Å²) < 4.78 is 11.9. The first-order chi connectivity index (χ1) is 19.0. The number of carbonyl (C=O) groups is 1. The molecule has 0 unspecified atom stereocenters. The molecular formula is C31H30Cl2N4O3. The van der Waals surface area contributed by atoms with Crippen LogP contribution in [0.3, 0.4) is 0 Å². The first kappa shape index (κ1) is 27.8. The maximum absolute atomic E-state index is 12.8. The van der Waals surface area contributed by atoms with E-state index in [0.29, 0.717) is 59.8 Å². The standard InChI is InChI=1S/C31H30Cl2N4O3/c1-30(2,3)40-29(38)37-14-12-31(13-15-37,19-39-28-35-26-17-24(32)25(33)18-27(26)36-28)22-10-8-20(9-11-22)21-6-5-7-23(16-21)34-4/h5-11,16-18H,12-15,19H2,1-3H3,(H,35,36). The lowest BCUT2D eigenvalue weighted by Crippen LogP contribution is -2.49. The third-order valence-corrected chi connectivity index (χ3v) is 7.89. The van der Waals surface area contributed by atoms with Gasteiger partial charge in [0.25, 0.3) is 6.01 Å². The molecule has 0 aliphatic carbocycles. The average Bonchev–Trinajstić information content (AvgIpc) is 3.33. The van der Waals surface area contributed by atoms with Gasteiger partial charge < -0.3 is 19.4 Å². The van der Waals surface area contributed by atoms with E-state index in [1.807, 2.05) is 39.0 Å². The minimum absolute atomic E-state index is 0.303. The second-order valence-electron chi connectivity index (χ2n) is 11.1. The molecule has 1 saturated heterocycles. The van der Waals surface area contributed by atoms with Crippen LogP contribution in [0.1, 0.15) is 39.2 Å². The lowest BCUT2D eigenvalue weighted by molar-refractivity contribution is 0.0130. The SMILES string of the molecule is [C-]#[N+]c1cccc(-c2ccc(C3(COc4nc5cc(Cl)c(Cl)cc5[nH]4)CCN(C(=O)OC(C)(C)C)CC3)cc2)c1. The molecule has 9 heteroatoms. The summed E-state index contributed by atoms with van der Waals surface area (Å²) in [5.74, 6) is 0. The van der Waals surface area contributed by atoms with Gasteiger partial charge in [0, 0.05) is 18.5 Å². The van der Waals surface area contributed by atoms with Gasteiger partial charge in [-0.15, -0.1) is 0 Å². The Kier molecular flexibility index (Phi) is 7.67. The number of imidazole rings is 1. The van der Waals surface area contributed by atoms with Gasteiger partial charge in [0.05, 0.1) is 27.7 Å². The Labute approximate surface area is 243 Å². The predicted molar refractivity (Wildman–Crippen MR) is 158 cm³/mol. The largest absolute Gasteiger partial charge is 0.464 e. The first-order valence-corrected chi connectivity index (χ1v) is 13.8. The molecule has 1 aliphatic rings. The fraction of sp³-hybridized carbons (Fsp3) is 0.323. The number of aromatic amines is 1. The number of likely N-dealkylation sites (tertiary alicyclic amines) is 1. The van der Waals surface area contributed by atoms with Crippen molar-refractivity contribution in [3.8, 4) is 17.1 Å². The molecule has 3 aromatic carbocycles. The van der Waals surface area contributed by atoms with Crippen LogP contribution < -0.4 is 4.74 Å². The fourth-order valence-electron chi connectivity index (χ4n) is 4.99. The Balaban J connectivity index is 1.40. The molecule has 5 rings (SSSR count). The molecule has 1 aromatic heterocycles. The number of nitrogens with zero attached hydrogens (tertiary/aromatic N) is 3. The van der Waals surface area contributed by atoms with Crippen LogP contribution >= 0.6 is 23.2 Å². The highest BCUT2D eigenvalue weighted by molar-refractivity contribution is 6.42. The number of aromatic nitrogens is 2. The highest BCUT2D eigenvalue weighted by atomic mass is 35.5. The van der Waals surface area contributed by atoms with Crippen molar-refractivity contribution in [2.75, 3.05) is 19.7 Å². The van der Waals surface area contributed by atoms with Gasteiger partial charge in [0.15, 0.2) is 5.69 Å².